The number of hydrogen-bond donors (Lipinski definition) is 1. The molecule has 1 aromatic rings. The van der Waals surface area contributed by atoms with Gasteiger partial charge in [-0.1, -0.05) is 12.1 Å². The molecule has 0 saturated carbocycles. The van der Waals surface area contributed by atoms with Gasteiger partial charge in [0, 0.05) is 19.1 Å². The maximum atomic E-state index is 13.8. The average molecular weight is 295 g/mol. The number of sulfonamides is 1. The van der Waals surface area contributed by atoms with Crippen molar-refractivity contribution in [1.82, 2.24) is 4.31 Å². The molecule has 1 aromatic carbocycles. The van der Waals surface area contributed by atoms with Gasteiger partial charge in [0.05, 0.1) is 0 Å². The summed E-state index contributed by atoms with van der Waals surface area (Å²) in [5.74, 6) is -0.673. The molecule has 0 aliphatic carbocycles. The van der Waals surface area contributed by atoms with Gasteiger partial charge in [0.1, 0.15) is 10.7 Å². The van der Waals surface area contributed by atoms with Crippen LogP contribution in [0.1, 0.15) is 12.0 Å². The molecular formula is C11H16ClFN2O2S. The third-order valence-corrected chi connectivity index (χ3v) is 4.84. The van der Waals surface area contributed by atoms with E-state index in [0.29, 0.717) is 18.5 Å². The Morgan fingerprint density at radius 3 is 2.67 bits per heavy atom. The number of benzene rings is 1. The lowest BCUT2D eigenvalue weighted by atomic mass is 10.2. The van der Waals surface area contributed by atoms with Crippen molar-refractivity contribution in [3.05, 3.63) is 29.6 Å². The highest BCUT2D eigenvalue weighted by Crippen LogP contribution is 2.24. The molecule has 0 amide bonds. The van der Waals surface area contributed by atoms with Crippen LogP contribution in [0.5, 0.6) is 0 Å². The van der Waals surface area contributed by atoms with E-state index in [4.69, 9.17) is 5.73 Å². The molecule has 0 unspecified atom stereocenters. The normalized spacial score (nSPS) is 20.7. The van der Waals surface area contributed by atoms with E-state index in [-0.39, 0.29) is 29.9 Å². The van der Waals surface area contributed by atoms with Gasteiger partial charge < -0.3 is 5.73 Å². The number of nitrogens with two attached hydrogens (primary N) is 1. The molecule has 18 heavy (non-hydrogen) atoms. The fourth-order valence-electron chi connectivity index (χ4n) is 1.93. The van der Waals surface area contributed by atoms with Crippen LogP contribution < -0.4 is 5.73 Å². The summed E-state index contributed by atoms with van der Waals surface area (Å²) in [5, 5.41) is 0. The molecular weight excluding hydrogens is 279 g/mol. The molecule has 1 aliphatic rings. The Bertz CT molecular complexity index is 536. The second-order valence-electron chi connectivity index (χ2n) is 4.30. The van der Waals surface area contributed by atoms with Gasteiger partial charge in [-0.3, -0.25) is 0 Å². The summed E-state index contributed by atoms with van der Waals surface area (Å²) in [6.45, 7) is 2.16. The zero-order valence-electron chi connectivity index (χ0n) is 9.97. The molecule has 1 atom stereocenters. The van der Waals surface area contributed by atoms with Crippen LogP contribution in [0, 0.1) is 12.7 Å². The first kappa shape index (κ1) is 15.4. The van der Waals surface area contributed by atoms with Crippen molar-refractivity contribution in [3.8, 4) is 0 Å². The molecule has 0 bridgehead atoms. The van der Waals surface area contributed by atoms with E-state index in [1.54, 1.807) is 19.1 Å². The van der Waals surface area contributed by atoms with Crippen molar-refractivity contribution < 1.29 is 12.8 Å². The van der Waals surface area contributed by atoms with E-state index in [1.165, 1.54) is 10.4 Å². The van der Waals surface area contributed by atoms with Crippen molar-refractivity contribution in [1.29, 1.82) is 0 Å². The fraction of sp³-hybridized carbons (Fsp3) is 0.455. The second kappa shape index (κ2) is 5.52. The highest BCUT2D eigenvalue weighted by Gasteiger charge is 2.32. The Morgan fingerprint density at radius 1 is 1.44 bits per heavy atom. The SMILES string of the molecule is Cc1cccc(S(=O)(=O)N2CC[C@@H](N)C2)c1F.Cl. The summed E-state index contributed by atoms with van der Waals surface area (Å²) in [5.41, 5.74) is 6.00. The van der Waals surface area contributed by atoms with Crippen molar-refractivity contribution in [3.63, 3.8) is 0 Å². The molecule has 0 spiro atoms. The lowest BCUT2D eigenvalue weighted by molar-refractivity contribution is 0.464. The molecule has 1 saturated heterocycles. The largest absolute Gasteiger partial charge is 0.326 e. The minimum absolute atomic E-state index is 0. The standard InChI is InChI=1S/C11H15FN2O2S.ClH/c1-8-3-2-4-10(11(8)12)17(15,16)14-6-5-9(13)7-14;/h2-4,9H,5-7,13H2,1H3;1H/t9-;/m1./s1. The van der Waals surface area contributed by atoms with Gasteiger partial charge in [-0.05, 0) is 25.0 Å². The molecule has 1 heterocycles. The highest BCUT2D eigenvalue weighted by molar-refractivity contribution is 7.89. The van der Waals surface area contributed by atoms with Crippen LogP contribution in [0.4, 0.5) is 4.39 Å². The van der Waals surface area contributed by atoms with E-state index in [9.17, 15) is 12.8 Å². The zero-order chi connectivity index (χ0) is 12.6. The molecule has 4 nitrogen and oxygen atoms in total. The highest BCUT2D eigenvalue weighted by atomic mass is 35.5. The lowest BCUT2D eigenvalue weighted by Gasteiger charge is -2.16. The Morgan fingerprint density at radius 2 is 2.11 bits per heavy atom. The van der Waals surface area contributed by atoms with Crippen LogP contribution in [0.3, 0.4) is 0 Å². The minimum atomic E-state index is -3.75. The molecule has 0 aromatic heterocycles. The van der Waals surface area contributed by atoms with Crippen molar-refractivity contribution in [2.24, 2.45) is 5.73 Å². The van der Waals surface area contributed by atoms with E-state index in [0.717, 1.165) is 0 Å². The molecule has 102 valence electrons. The van der Waals surface area contributed by atoms with Crippen LogP contribution in [-0.4, -0.2) is 31.9 Å². The number of aryl methyl sites for hydroxylation is 1. The summed E-state index contributed by atoms with van der Waals surface area (Å²) >= 11 is 0. The van der Waals surface area contributed by atoms with E-state index in [1.807, 2.05) is 0 Å². The Hall–Kier alpha value is -0.690. The molecule has 1 aliphatic heterocycles. The summed E-state index contributed by atoms with van der Waals surface area (Å²) in [7, 11) is -3.75. The molecule has 0 radical (unpaired) electrons. The predicted molar refractivity (Wildman–Crippen MR) is 69.7 cm³/mol. The first-order chi connectivity index (χ1) is 7.93. The third-order valence-electron chi connectivity index (χ3n) is 2.96. The van der Waals surface area contributed by atoms with Gasteiger partial charge in [-0.2, -0.15) is 4.31 Å². The van der Waals surface area contributed by atoms with Gasteiger partial charge in [-0.25, -0.2) is 12.8 Å². The smallest absolute Gasteiger partial charge is 0.246 e. The number of rotatable bonds is 2. The molecule has 2 N–H and O–H groups in total. The topological polar surface area (TPSA) is 63.4 Å². The zero-order valence-corrected chi connectivity index (χ0v) is 11.6. The van der Waals surface area contributed by atoms with Gasteiger partial charge in [0.15, 0.2) is 0 Å². The van der Waals surface area contributed by atoms with Crippen LogP contribution >= 0.6 is 12.4 Å². The summed E-state index contributed by atoms with van der Waals surface area (Å²) in [4.78, 5) is -0.258. The van der Waals surface area contributed by atoms with E-state index < -0.39 is 15.8 Å². The first-order valence-electron chi connectivity index (χ1n) is 5.44. The quantitative estimate of drug-likeness (QED) is 0.894. The maximum Gasteiger partial charge on any atom is 0.246 e. The number of hydrogen-bond acceptors (Lipinski definition) is 3. The lowest BCUT2D eigenvalue weighted by Crippen LogP contribution is -2.32. The Balaban J connectivity index is 0.00000162. The van der Waals surface area contributed by atoms with Crippen LogP contribution in [0.15, 0.2) is 23.1 Å². The summed E-state index contributed by atoms with van der Waals surface area (Å²) < 4.78 is 39.4. The van der Waals surface area contributed by atoms with Gasteiger partial charge in [0.25, 0.3) is 0 Å². The summed E-state index contributed by atoms with van der Waals surface area (Å²) in [6, 6.07) is 4.23. The monoisotopic (exact) mass is 294 g/mol. The molecule has 1 fully saturated rings. The van der Waals surface area contributed by atoms with Crippen molar-refractivity contribution >= 4 is 22.4 Å². The Kier molecular flexibility index (Phi) is 4.72. The summed E-state index contributed by atoms with van der Waals surface area (Å²) in [6.07, 6.45) is 0.618. The Labute approximate surface area is 112 Å². The van der Waals surface area contributed by atoms with Crippen LogP contribution in [-0.2, 0) is 10.0 Å². The second-order valence-corrected chi connectivity index (χ2v) is 6.21. The first-order valence-corrected chi connectivity index (χ1v) is 6.88. The molecule has 7 heteroatoms. The van der Waals surface area contributed by atoms with Gasteiger partial charge in [0.2, 0.25) is 10.0 Å². The molecule has 2 rings (SSSR count). The maximum absolute atomic E-state index is 13.8. The number of halogens is 2. The van der Waals surface area contributed by atoms with E-state index in [2.05, 4.69) is 0 Å². The van der Waals surface area contributed by atoms with Gasteiger partial charge >= 0.3 is 0 Å². The van der Waals surface area contributed by atoms with Crippen molar-refractivity contribution in [2.75, 3.05) is 13.1 Å². The fourth-order valence-corrected chi connectivity index (χ4v) is 3.58. The van der Waals surface area contributed by atoms with Crippen LogP contribution in [0.25, 0.3) is 0 Å². The average Bonchev–Trinajstić information content (AvgIpc) is 2.69. The van der Waals surface area contributed by atoms with Crippen molar-refractivity contribution in [2.45, 2.75) is 24.3 Å². The van der Waals surface area contributed by atoms with Crippen LogP contribution in [0.2, 0.25) is 0 Å². The van der Waals surface area contributed by atoms with E-state index >= 15 is 0 Å². The predicted octanol–water partition coefficient (Wildman–Crippen LogP) is 1.28. The third kappa shape index (κ3) is 2.66. The minimum Gasteiger partial charge on any atom is -0.326 e. The number of nitrogens with zero attached hydrogens (tertiary/aromatic N) is 1. The van der Waals surface area contributed by atoms with Gasteiger partial charge in [-0.15, -0.1) is 12.4 Å².